The van der Waals surface area contributed by atoms with E-state index in [4.69, 9.17) is 9.47 Å². The molecule has 0 spiro atoms. The van der Waals surface area contributed by atoms with Crippen LogP contribution in [-0.2, 0) is 14.8 Å². The fourth-order valence-corrected chi connectivity index (χ4v) is 6.36. The largest absolute Gasteiger partial charge is 0.495 e. The quantitative estimate of drug-likeness (QED) is 0.618. The lowest BCUT2D eigenvalue weighted by Crippen LogP contribution is -2.53. The molecule has 0 unspecified atom stereocenters. The van der Waals surface area contributed by atoms with Crippen LogP contribution in [0.1, 0.15) is 12.8 Å². The second-order valence-electron chi connectivity index (χ2n) is 8.48. The van der Waals surface area contributed by atoms with E-state index in [1.807, 2.05) is 29.2 Å². The Hall–Kier alpha value is -2.85. The Balaban J connectivity index is 1.43. The van der Waals surface area contributed by atoms with Crippen LogP contribution in [0.5, 0.6) is 11.5 Å². The number of piperazine rings is 1. The molecule has 34 heavy (non-hydrogen) atoms. The van der Waals surface area contributed by atoms with Crippen molar-refractivity contribution in [3.05, 3.63) is 48.3 Å². The zero-order chi connectivity index (χ0) is 24.3. The molecule has 2 aromatic carbocycles. The number of carbonyl (C=O) groups is 1. The van der Waals surface area contributed by atoms with Gasteiger partial charge in [0.05, 0.1) is 25.8 Å². The number of hydrogen-bond donors (Lipinski definition) is 0. The molecule has 2 aliphatic heterocycles. The highest BCUT2D eigenvalue weighted by Crippen LogP contribution is 2.32. The Morgan fingerprint density at radius 3 is 2.38 bits per heavy atom. The predicted molar refractivity (Wildman–Crippen MR) is 126 cm³/mol. The molecule has 0 aromatic heterocycles. The van der Waals surface area contributed by atoms with Gasteiger partial charge in [-0.1, -0.05) is 12.1 Å². The van der Waals surface area contributed by atoms with Gasteiger partial charge >= 0.3 is 0 Å². The van der Waals surface area contributed by atoms with Crippen LogP contribution >= 0.6 is 0 Å². The van der Waals surface area contributed by atoms with Crippen LogP contribution < -0.4 is 14.4 Å². The smallest absolute Gasteiger partial charge is 0.246 e. The summed E-state index contributed by atoms with van der Waals surface area (Å²) in [5, 5.41) is 0. The summed E-state index contributed by atoms with van der Waals surface area (Å²) in [5.74, 6) is -0.242. The maximum absolute atomic E-state index is 13.8. The van der Waals surface area contributed by atoms with E-state index in [0.29, 0.717) is 39.0 Å². The average molecular weight is 492 g/mol. The topological polar surface area (TPSA) is 79.4 Å². The first-order valence-corrected chi connectivity index (χ1v) is 12.8. The summed E-state index contributed by atoms with van der Waals surface area (Å²) >= 11 is 0. The number of rotatable bonds is 6. The minimum atomic E-state index is -4.00. The Morgan fingerprint density at radius 2 is 1.68 bits per heavy atom. The Morgan fingerprint density at radius 1 is 0.971 bits per heavy atom. The first kappa shape index (κ1) is 24.3. The zero-order valence-corrected chi connectivity index (χ0v) is 20.3. The number of benzene rings is 2. The van der Waals surface area contributed by atoms with Gasteiger partial charge in [-0.05, 0) is 43.2 Å². The summed E-state index contributed by atoms with van der Waals surface area (Å²) < 4.78 is 52.2. The molecule has 2 fully saturated rings. The van der Waals surface area contributed by atoms with Gasteiger partial charge in [-0.3, -0.25) is 4.79 Å². The molecule has 2 aromatic rings. The van der Waals surface area contributed by atoms with E-state index in [2.05, 4.69) is 4.90 Å². The lowest BCUT2D eigenvalue weighted by molar-refractivity contribution is -0.137. The van der Waals surface area contributed by atoms with Crippen LogP contribution in [0.15, 0.2) is 47.4 Å². The molecule has 0 aliphatic carbocycles. The summed E-state index contributed by atoms with van der Waals surface area (Å²) in [6.45, 7) is 2.80. The summed E-state index contributed by atoms with van der Waals surface area (Å²) in [5.41, 5.74) is 0.996. The van der Waals surface area contributed by atoms with Crippen LogP contribution in [0.25, 0.3) is 0 Å². The molecule has 2 saturated heterocycles. The van der Waals surface area contributed by atoms with Gasteiger partial charge in [-0.2, -0.15) is 4.31 Å². The highest BCUT2D eigenvalue weighted by Gasteiger charge is 2.37. The molecule has 8 nitrogen and oxygen atoms in total. The Bertz CT molecular complexity index is 1140. The van der Waals surface area contributed by atoms with Crippen molar-refractivity contribution in [3.8, 4) is 11.5 Å². The summed E-state index contributed by atoms with van der Waals surface area (Å²) in [6, 6.07) is 11.2. The second kappa shape index (κ2) is 10.2. The van der Waals surface area contributed by atoms with Gasteiger partial charge in [0, 0.05) is 39.3 Å². The van der Waals surface area contributed by atoms with E-state index in [9.17, 15) is 17.6 Å². The summed E-state index contributed by atoms with van der Waals surface area (Å²) in [7, 11) is -1.02. The van der Waals surface area contributed by atoms with Crippen molar-refractivity contribution in [1.29, 1.82) is 0 Å². The fraction of sp³-hybridized carbons (Fsp3) is 0.458. The van der Waals surface area contributed by atoms with Crippen LogP contribution in [0, 0.1) is 11.7 Å². The molecular formula is C24H30FN3O5S. The second-order valence-corrected chi connectivity index (χ2v) is 10.4. The molecule has 0 saturated carbocycles. The number of para-hydroxylation sites is 2. The van der Waals surface area contributed by atoms with Crippen LogP contribution in [-0.4, -0.2) is 77.0 Å². The van der Waals surface area contributed by atoms with Gasteiger partial charge in [0.15, 0.2) is 0 Å². The first-order valence-electron chi connectivity index (χ1n) is 11.4. The number of piperidine rings is 1. The summed E-state index contributed by atoms with van der Waals surface area (Å²) in [4.78, 5) is 17.1. The molecule has 1 atom stereocenters. The predicted octanol–water partition coefficient (Wildman–Crippen LogP) is 2.59. The third kappa shape index (κ3) is 4.83. The monoisotopic (exact) mass is 491 g/mol. The van der Waals surface area contributed by atoms with Crippen molar-refractivity contribution < 1.29 is 27.1 Å². The Labute approximate surface area is 199 Å². The highest BCUT2D eigenvalue weighted by molar-refractivity contribution is 7.89. The number of anilines is 1. The van der Waals surface area contributed by atoms with Gasteiger partial charge < -0.3 is 19.3 Å². The van der Waals surface area contributed by atoms with E-state index in [1.54, 1.807) is 7.11 Å². The van der Waals surface area contributed by atoms with Crippen molar-refractivity contribution >= 4 is 21.6 Å². The molecule has 0 radical (unpaired) electrons. The third-order valence-electron chi connectivity index (χ3n) is 6.49. The van der Waals surface area contributed by atoms with Gasteiger partial charge in [0.1, 0.15) is 22.2 Å². The SMILES string of the molecule is COc1ccccc1N1CCN(C(=O)[C@H]2CCCN(S(=O)(=O)c3cc(F)ccc3OC)C2)CC1. The molecule has 10 heteroatoms. The van der Waals surface area contributed by atoms with Crippen molar-refractivity contribution in [3.63, 3.8) is 0 Å². The first-order chi connectivity index (χ1) is 16.3. The number of ether oxygens (including phenoxy) is 2. The fourth-order valence-electron chi connectivity index (χ4n) is 4.67. The molecule has 2 heterocycles. The van der Waals surface area contributed by atoms with Crippen molar-refractivity contribution in [2.75, 3.05) is 58.4 Å². The van der Waals surface area contributed by atoms with Crippen LogP contribution in [0.2, 0.25) is 0 Å². The molecule has 0 bridgehead atoms. The molecule has 184 valence electrons. The maximum Gasteiger partial charge on any atom is 0.246 e. The molecule has 4 rings (SSSR count). The van der Waals surface area contributed by atoms with Crippen LogP contribution in [0.4, 0.5) is 10.1 Å². The minimum Gasteiger partial charge on any atom is -0.495 e. The standard InChI is InChI=1S/C24H30FN3O5S/c1-32-21-8-4-3-7-20(21)26-12-14-27(15-13-26)24(29)18-6-5-11-28(17-18)34(30,31)23-16-19(25)9-10-22(23)33-2/h3-4,7-10,16,18H,5-6,11-15,17H2,1-2H3/t18-/m0/s1. The number of hydrogen-bond acceptors (Lipinski definition) is 6. The minimum absolute atomic E-state index is 0.0363. The van der Waals surface area contributed by atoms with Crippen molar-refractivity contribution in [2.24, 2.45) is 5.92 Å². The number of methoxy groups -OCH3 is 2. The van der Waals surface area contributed by atoms with E-state index in [0.717, 1.165) is 23.6 Å². The van der Waals surface area contributed by atoms with E-state index in [-0.39, 0.29) is 29.6 Å². The van der Waals surface area contributed by atoms with Crippen molar-refractivity contribution in [1.82, 2.24) is 9.21 Å². The Kier molecular flexibility index (Phi) is 7.27. The van der Waals surface area contributed by atoms with E-state index >= 15 is 0 Å². The zero-order valence-electron chi connectivity index (χ0n) is 19.4. The average Bonchev–Trinajstić information content (AvgIpc) is 2.88. The lowest BCUT2D eigenvalue weighted by atomic mass is 9.97. The normalized spacial score (nSPS) is 19.7. The molecule has 1 amide bonds. The number of halogens is 1. The van der Waals surface area contributed by atoms with Crippen molar-refractivity contribution in [2.45, 2.75) is 17.7 Å². The van der Waals surface area contributed by atoms with Gasteiger partial charge in [-0.15, -0.1) is 0 Å². The molecule has 2 aliphatic rings. The number of amides is 1. The number of nitrogens with zero attached hydrogens (tertiary/aromatic N) is 3. The van der Waals surface area contributed by atoms with Crippen LogP contribution in [0.3, 0.4) is 0 Å². The number of carbonyl (C=O) groups excluding carboxylic acids is 1. The molecular weight excluding hydrogens is 461 g/mol. The lowest BCUT2D eigenvalue weighted by Gasteiger charge is -2.39. The van der Waals surface area contributed by atoms with E-state index < -0.39 is 21.8 Å². The van der Waals surface area contributed by atoms with Gasteiger partial charge in [0.25, 0.3) is 0 Å². The molecule has 0 N–H and O–H groups in total. The highest BCUT2D eigenvalue weighted by atomic mass is 32.2. The van der Waals surface area contributed by atoms with E-state index in [1.165, 1.54) is 17.5 Å². The van der Waals surface area contributed by atoms with Gasteiger partial charge in [0.2, 0.25) is 15.9 Å². The summed E-state index contributed by atoms with van der Waals surface area (Å²) in [6.07, 6.45) is 1.19. The third-order valence-corrected chi connectivity index (χ3v) is 8.38. The number of sulfonamides is 1. The maximum atomic E-state index is 13.8. The van der Waals surface area contributed by atoms with Gasteiger partial charge in [-0.25, -0.2) is 12.8 Å².